The fraction of sp³-hybridized carbons (Fsp3) is 0.625. The summed E-state index contributed by atoms with van der Waals surface area (Å²) in [5.41, 5.74) is 5.67. The number of nitrogens with zero attached hydrogens (tertiary/aromatic N) is 1. The molecule has 3 nitrogen and oxygen atoms in total. The van der Waals surface area contributed by atoms with E-state index in [0.29, 0.717) is 6.54 Å². The summed E-state index contributed by atoms with van der Waals surface area (Å²) in [4.78, 5) is 3.83. The Morgan fingerprint density at radius 1 is 1.64 bits per heavy atom. The van der Waals surface area contributed by atoms with Gasteiger partial charge in [-0.2, -0.15) is 0 Å². The Morgan fingerprint density at radius 3 is 2.82 bits per heavy atom. The number of oxazole rings is 1. The van der Waals surface area contributed by atoms with Gasteiger partial charge in [0.05, 0.1) is 6.20 Å². The molecule has 2 N–H and O–H groups in total. The van der Waals surface area contributed by atoms with Crippen molar-refractivity contribution in [2.45, 2.75) is 20.3 Å². The van der Waals surface area contributed by atoms with E-state index >= 15 is 0 Å². The SMILES string of the molecule is CC(C)(CN)Cc1cnco1. The highest BCUT2D eigenvalue weighted by Crippen LogP contribution is 2.19. The molecule has 1 rings (SSSR count). The summed E-state index contributed by atoms with van der Waals surface area (Å²) in [5.74, 6) is 0.903. The van der Waals surface area contributed by atoms with Gasteiger partial charge < -0.3 is 10.2 Å². The maximum Gasteiger partial charge on any atom is 0.180 e. The average Bonchev–Trinajstić information content (AvgIpc) is 2.39. The van der Waals surface area contributed by atoms with Gasteiger partial charge in [-0.25, -0.2) is 4.98 Å². The zero-order valence-electron chi connectivity index (χ0n) is 7.00. The summed E-state index contributed by atoms with van der Waals surface area (Å²) in [5, 5.41) is 0. The average molecular weight is 154 g/mol. The molecule has 1 heterocycles. The van der Waals surface area contributed by atoms with E-state index in [-0.39, 0.29) is 5.41 Å². The van der Waals surface area contributed by atoms with Crippen LogP contribution in [0.3, 0.4) is 0 Å². The van der Waals surface area contributed by atoms with Crippen LogP contribution in [0, 0.1) is 5.41 Å². The molecule has 0 spiro atoms. The maximum atomic E-state index is 5.56. The lowest BCUT2D eigenvalue weighted by Gasteiger charge is -2.19. The van der Waals surface area contributed by atoms with Gasteiger partial charge in [-0.05, 0) is 12.0 Å². The predicted octanol–water partition coefficient (Wildman–Crippen LogP) is 1.20. The Balaban J connectivity index is 2.56. The van der Waals surface area contributed by atoms with E-state index in [1.165, 1.54) is 6.39 Å². The van der Waals surface area contributed by atoms with Crippen LogP contribution in [0.15, 0.2) is 17.0 Å². The topological polar surface area (TPSA) is 52.0 Å². The van der Waals surface area contributed by atoms with E-state index in [9.17, 15) is 0 Å². The van der Waals surface area contributed by atoms with E-state index in [1.54, 1.807) is 6.20 Å². The molecule has 1 aromatic heterocycles. The second kappa shape index (κ2) is 3.05. The molecule has 3 heteroatoms. The minimum Gasteiger partial charge on any atom is -0.449 e. The van der Waals surface area contributed by atoms with Crippen LogP contribution >= 0.6 is 0 Å². The first-order chi connectivity index (χ1) is 5.14. The van der Waals surface area contributed by atoms with Crippen LogP contribution in [-0.4, -0.2) is 11.5 Å². The molecule has 0 bridgehead atoms. The van der Waals surface area contributed by atoms with E-state index in [2.05, 4.69) is 18.8 Å². The minimum atomic E-state index is 0.111. The van der Waals surface area contributed by atoms with Crippen molar-refractivity contribution < 1.29 is 4.42 Å². The van der Waals surface area contributed by atoms with Crippen molar-refractivity contribution in [3.05, 3.63) is 18.4 Å². The number of aromatic nitrogens is 1. The first-order valence-corrected chi connectivity index (χ1v) is 3.71. The molecule has 0 aromatic carbocycles. The number of rotatable bonds is 3. The van der Waals surface area contributed by atoms with Gasteiger partial charge in [0.1, 0.15) is 5.76 Å². The van der Waals surface area contributed by atoms with Gasteiger partial charge in [0, 0.05) is 6.42 Å². The molecular weight excluding hydrogens is 140 g/mol. The van der Waals surface area contributed by atoms with Crippen LogP contribution in [0.25, 0.3) is 0 Å². The third kappa shape index (κ3) is 2.35. The van der Waals surface area contributed by atoms with Crippen LogP contribution in [0.4, 0.5) is 0 Å². The summed E-state index contributed by atoms with van der Waals surface area (Å²) in [6.07, 6.45) is 4.03. The van der Waals surface area contributed by atoms with Gasteiger partial charge in [-0.3, -0.25) is 0 Å². The van der Waals surface area contributed by atoms with Crippen molar-refractivity contribution in [2.24, 2.45) is 11.1 Å². The van der Waals surface area contributed by atoms with E-state index < -0.39 is 0 Å². The molecule has 0 unspecified atom stereocenters. The quantitative estimate of drug-likeness (QED) is 0.711. The van der Waals surface area contributed by atoms with Gasteiger partial charge in [0.15, 0.2) is 6.39 Å². The minimum absolute atomic E-state index is 0.111. The number of hydrogen-bond donors (Lipinski definition) is 1. The number of hydrogen-bond acceptors (Lipinski definition) is 3. The fourth-order valence-corrected chi connectivity index (χ4v) is 0.873. The fourth-order valence-electron chi connectivity index (χ4n) is 0.873. The summed E-state index contributed by atoms with van der Waals surface area (Å²) < 4.78 is 5.10. The first kappa shape index (κ1) is 8.27. The van der Waals surface area contributed by atoms with Gasteiger partial charge in [0.25, 0.3) is 0 Å². The van der Waals surface area contributed by atoms with Gasteiger partial charge in [-0.15, -0.1) is 0 Å². The summed E-state index contributed by atoms with van der Waals surface area (Å²) in [6.45, 7) is 4.87. The first-order valence-electron chi connectivity index (χ1n) is 3.71. The highest BCUT2D eigenvalue weighted by Gasteiger charge is 2.17. The van der Waals surface area contributed by atoms with E-state index in [0.717, 1.165) is 12.2 Å². The second-order valence-electron chi connectivity index (χ2n) is 3.51. The van der Waals surface area contributed by atoms with Crippen molar-refractivity contribution in [2.75, 3.05) is 6.54 Å². The lowest BCUT2D eigenvalue weighted by atomic mass is 9.89. The molecule has 0 aliphatic carbocycles. The molecule has 62 valence electrons. The van der Waals surface area contributed by atoms with Crippen LogP contribution in [0.1, 0.15) is 19.6 Å². The summed E-state index contributed by atoms with van der Waals surface area (Å²) in [7, 11) is 0. The normalized spacial score (nSPS) is 11.9. The lowest BCUT2D eigenvalue weighted by Crippen LogP contribution is -2.25. The highest BCUT2D eigenvalue weighted by molar-refractivity contribution is 4.93. The third-order valence-corrected chi connectivity index (χ3v) is 1.69. The Kier molecular flexibility index (Phi) is 2.29. The van der Waals surface area contributed by atoms with Gasteiger partial charge in [0.2, 0.25) is 0 Å². The van der Waals surface area contributed by atoms with Gasteiger partial charge in [-0.1, -0.05) is 13.8 Å². The van der Waals surface area contributed by atoms with Crippen LogP contribution < -0.4 is 5.73 Å². The molecular formula is C8H14N2O. The van der Waals surface area contributed by atoms with Crippen molar-refractivity contribution >= 4 is 0 Å². The van der Waals surface area contributed by atoms with E-state index in [4.69, 9.17) is 10.2 Å². The molecule has 0 saturated heterocycles. The molecule has 0 aliphatic rings. The maximum absolute atomic E-state index is 5.56. The van der Waals surface area contributed by atoms with Crippen molar-refractivity contribution in [1.29, 1.82) is 0 Å². The molecule has 0 aliphatic heterocycles. The summed E-state index contributed by atoms with van der Waals surface area (Å²) in [6, 6.07) is 0. The predicted molar refractivity (Wildman–Crippen MR) is 43.0 cm³/mol. The zero-order valence-corrected chi connectivity index (χ0v) is 7.00. The Bertz CT molecular complexity index is 204. The molecule has 0 amide bonds. The molecule has 0 radical (unpaired) electrons. The lowest BCUT2D eigenvalue weighted by molar-refractivity contribution is 0.338. The second-order valence-corrected chi connectivity index (χ2v) is 3.51. The van der Waals surface area contributed by atoms with Crippen molar-refractivity contribution in [3.63, 3.8) is 0 Å². The Hall–Kier alpha value is -0.830. The smallest absolute Gasteiger partial charge is 0.180 e. The van der Waals surface area contributed by atoms with Crippen LogP contribution in [0.2, 0.25) is 0 Å². The number of nitrogens with two attached hydrogens (primary N) is 1. The Labute approximate surface area is 66.6 Å². The third-order valence-electron chi connectivity index (χ3n) is 1.69. The largest absolute Gasteiger partial charge is 0.449 e. The Morgan fingerprint density at radius 2 is 2.36 bits per heavy atom. The summed E-state index contributed by atoms with van der Waals surface area (Å²) >= 11 is 0. The van der Waals surface area contributed by atoms with Crippen LogP contribution in [0.5, 0.6) is 0 Å². The standard InChI is InChI=1S/C8H14N2O/c1-8(2,5-9)3-7-4-10-6-11-7/h4,6H,3,5,9H2,1-2H3. The van der Waals surface area contributed by atoms with Crippen molar-refractivity contribution in [1.82, 2.24) is 4.98 Å². The molecule has 11 heavy (non-hydrogen) atoms. The molecule has 1 aromatic rings. The molecule has 0 saturated carbocycles. The van der Waals surface area contributed by atoms with Crippen LogP contribution in [-0.2, 0) is 6.42 Å². The zero-order chi connectivity index (χ0) is 8.32. The van der Waals surface area contributed by atoms with Crippen molar-refractivity contribution in [3.8, 4) is 0 Å². The van der Waals surface area contributed by atoms with Gasteiger partial charge >= 0.3 is 0 Å². The highest BCUT2D eigenvalue weighted by atomic mass is 16.3. The molecule has 0 atom stereocenters. The van der Waals surface area contributed by atoms with E-state index in [1.807, 2.05) is 0 Å². The molecule has 0 fully saturated rings. The monoisotopic (exact) mass is 154 g/mol.